The first-order chi connectivity index (χ1) is 5.86. The molecule has 68 valence electrons. The second-order valence-electron chi connectivity index (χ2n) is 2.61. The Kier molecular flexibility index (Phi) is 3.76. The van der Waals surface area contributed by atoms with Gasteiger partial charge in [-0.25, -0.2) is 4.98 Å². The van der Waals surface area contributed by atoms with Crippen LogP contribution in [0, 0.1) is 0 Å². The van der Waals surface area contributed by atoms with Crippen molar-refractivity contribution in [2.24, 2.45) is 0 Å². The van der Waals surface area contributed by atoms with Crippen LogP contribution in [0.4, 0.5) is 0 Å². The van der Waals surface area contributed by atoms with E-state index in [1.54, 1.807) is 13.4 Å². The van der Waals surface area contributed by atoms with Crippen molar-refractivity contribution >= 4 is 0 Å². The van der Waals surface area contributed by atoms with Gasteiger partial charge in [0.05, 0.1) is 18.6 Å². The van der Waals surface area contributed by atoms with Gasteiger partial charge in [-0.05, 0) is 6.42 Å². The van der Waals surface area contributed by atoms with E-state index in [0.717, 1.165) is 19.6 Å². The Balaban J connectivity index is 2.31. The minimum absolute atomic E-state index is 0.0112. The van der Waals surface area contributed by atoms with Crippen molar-refractivity contribution in [3.8, 4) is 0 Å². The van der Waals surface area contributed by atoms with E-state index in [0.29, 0.717) is 5.69 Å². The average Bonchev–Trinajstić information content (AvgIpc) is 2.53. The Labute approximate surface area is 71.8 Å². The Hall–Kier alpha value is -0.870. The predicted octanol–water partition coefficient (Wildman–Crippen LogP) is 0.412. The summed E-state index contributed by atoms with van der Waals surface area (Å²) in [6, 6.07) is 0. The molecule has 0 aliphatic rings. The van der Waals surface area contributed by atoms with Crippen LogP contribution >= 0.6 is 0 Å². The highest BCUT2D eigenvalue weighted by Gasteiger charge is 1.95. The fourth-order valence-electron chi connectivity index (χ4n) is 1.00. The highest BCUT2D eigenvalue weighted by Crippen LogP contribution is 1.97. The van der Waals surface area contributed by atoms with Gasteiger partial charge in [-0.15, -0.1) is 0 Å². The molecule has 0 aromatic carbocycles. The minimum atomic E-state index is 0.0112. The van der Waals surface area contributed by atoms with E-state index in [4.69, 9.17) is 9.84 Å². The first-order valence-electron chi connectivity index (χ1n) is 3.97. The molecule has 0 spiro atoms. The third kappa shape index (κ3) is 2.64. The van der Waals surface area contributed by atoms with E-state index in [1.807, 2.05) is 10.8 Å². The van der Waals surface area contributed by atoms with Crippen molar-refractivity contribution in [1.82, 2.24) is 9.55 Å². The molecule has 4 nitrogen and oxygen atoms in total. The Morgan fingerprint density at radius 1 is 1.67 bits per heavy atom. The molecule has 0 aliphatic carbocycles. The lowest BCUT2D eigenvalue weighted by atomic mass is 10.4. The zero-order valence-corrected chi connectivity index (χ0v) is 7.23. The summed E-state index contributed by atoms with van der Waals surface area (Å²) in [6.07, 6.45) is 4.54. The van der Waals surface area contributed by atoms with Crippen molar-refractivity contribution in [3.05, 3.63) is 18.2 Å². The van der Waals surface area contributed by atoms with Gasteiger partial charge in [0.25, 0.3) is 0 Å². The summed E-state index contributed by atoms with van der Waals surface area (Å²) >= 11 is 0. The molecule has 0 atom stereocenters. The van der Waals surface area contributed by atoms with Crippen molar-refractivity contribution in [3.63, 3.8) is 0 Å². The molecule has 0 radical (unpaired) electrons. The Morgan fingerprint density at radius 2 is 2.50 bits per heavy atom. The molecule has 0 aliphatic heterocycles. The summed E-state index contributed by atoms with van der Waals surface area (Å²) in [5, 5.41) is 8.72. The van der Waals surface area contributed by atoms with E-state index >= 15 is 0 Å². The summed E-state index contributed by atoms with van der Waals surface area (Å²) in [5.41, 5.74) is 0.715. The summed E-state index contributed by atoms with van der Waals surface area (Å²) < 4.78 is 6.86. The molecule has 1 rings (SSSR count). The molecule has 4 heteroatoms. The first-order valence-corrected chi connectivity index (χ1v) is 3.97. The second kappa shape index (κ2) is 4.90. The number of methoxy groups -OCH3 is 1. The third-order valence-electron chi connectivity index (χ3n) is 1.61. The van der Waals surface area contributed by atoms with Crippen LogP contribution in [0.15, 0.2) is 12.5 Å². The number of aryl methyl sites for hydroxylation is 1. The van der Waals surface area contributed by atoms with E-state index in [2.05, 4.69) is 4.98 Å². The highest BCUT2D eigenvalue weighted by molar-refractivity contribution is 4.93. The van der Waals surface area contributed by atoms with Gasteiger partial charge in [-0.1, -0.05) is 0 Å². The SMILES string of the molecule is COCCCn1cnc(CO)c1. The second-order valence-corrected chi connectivity index (χ2v) is 2.61. The number of aliphatic hydroxyl groups excluding tert-OH is 1. The van der Waals surface area contributed by atoms with Gasteiger partial charge in [0.1, 0.15) is 0 Å². The topological polar surface area (TPSA) is 47.3 Å². The number of aromatic nitrogens is 2. The van der Waals surface area contributed by atoms with Crippen LogP contribution in [0.3, 0.4) is 0 Å². The maximum absolute atomic E-state index is 8.72. The fraction of sp³-hybridized carbons (Fsp3) is 0.625. The molecule has 0 unspecified atom stereocenters. The van der Waals surface area contributed by atoms with Crippen LogP contribution in [-0.4, -0.2) is 28.4 Å². The first kappa shape index (κ1) is 9.22. The van der Waals surface area contributed by atoms with Gasteiger partial charge >= 0.3 is 0 Å². The largest absolute Gasteiger partial charge is 0.390 e. The Morgan fingerprint density at radius 3 is 3.08 bits per heavy atom. The molecule has 1 aromatic heterocycles. The normalized spacial score (nSPS) is 10.5. The molecule has 0 saturated heterocycles. The van der Waals surface area contributed by atoms with Crippen molar-refractivity contribution < 1.29 is 9.84 Å². The van der Waals surface area contributed by atoms with Gasteiger partial charge in [0.2, 0.25) is 0 Å². The molecular formula is C8H14N2O2. The van der Waals surface area contributed by atoms with Crippen LogP contribution in [-0.2, 0) is 17.9 Å². The highest BCUT2D eigenvalue weighted by atomic mass is 16.5. The van der Waals surface area contributed by atoms with Gasteiger partial charge in [0, 0.05) is 26.5 Å². The molecular weight excluding hydrogens is 156 g/mol. The molecule has 0 fully saturated rings. The molecule has 1 aromatic rings. The minimum Gasteiger partial charge on any atom is -0.390 e. The Bertz CT molecular complexity index is 223. The third-order valence-corrected chi connectivity index (χ3v) is 1.61. The van der Waals surface area contributed by atoms with E-state index < -0.39 is 0 Å². The zero-order chi connectivity index (χ0) is 8.81. The van der Waals surface area contributed by atoms with E-state index in [1.165, 1.54) is 0 Å². The summed E-state index contributed by atoms with van der Waals surface area (Å²) in [7, 11) is 1.69. The number of hydrogen-bond donors (Lipinski definition) is 1. The standard InChI is InChI=1S/C8H14N2O2/c1-12-4-2-3-10-5-8(6-11)9-7-10/h5,7,11H,2-4,6H2,1H3. The summed E-state index contributed by atoms with van der Waals surface area (Å²) in [6.45, 7) is 1.66. The van der Waals surface area contributed by atoms with Crippen LogP contribution in [0.25, 0.3) is 0 Å². The number of ether oxygens (including phenoxy) is 1. The number of imidazole rings is 1. The summed E-state index contributed by atoms with van der Waals surface area (Å²) in [4.78, 5) is 3.99. The molecule has 12 heavy (non-hydrogen) atoms. The summed E-state index contributed by atoms with van der Waals surface area (Å²) in [5.74, 6) is 0. The maximum atomic E-state index is 8.72. The van der Waals surface area contributed by atoms with Crippen LogP contribution < -0.4 is 0 Å². The zero-order valence-electron chi connectivity index (χ0n) is 7.23. The van der Waals surface area contributed by atoms with Gasteiger partial charge in [0.15, 0.2) is 0 Å². The van der Waals surface area contributed by atoms with E-state index in [-0.39, 0.29) is 6.61 Å². The number of rotatable bonds is 5. The molecule has 0 saturated carbocycles. The van der Waals surface area contributed by atoms with Crippen molar-refractivity contribution in [2.45, 2.75) is 19.6 Å². The fourth-order valence-corrected chi connectivity index (χ4v) is 1.00. The van der Waals surface area contributed by atoms with Crippen LogP contribution in [0.5, 0.6) is 0 Å². The molecule has 1 heterocycles. The monoisotopic (exact) mass is 170 g/mol. The molecule has 0 amide bonds. The average molecular weight is 170 g/mol. The maximum Gasteiger partial charge on any atom is 0.0950 e. The van der Waals surface area contributed by atoms with Gasteiger partial charge < -0.3 is 14.4 Å². The lowest BCUT2D eigenvalue weighted by molar-refractivity contribution is 0.190. The van der Waals surface area contributed by atoms with Crippen LogP contribution in [0.1, 0.15) is 12.1 Å². The number of hydrogen-bond acceptors (Lipinski definition) is 3. The van der Waals surface area contributed by atoms with Crippen LogP contribution in [0.2, 0.25) is 0 Å². The van der Waals surface area contributed by atoms with Gasteiger partial charge in [-0.3, -0.25) is 0 Å². The van der Waals surface area contributed by atoms with Crippen molar-refractivity contribution in [2.75, 3.05) is 13.7 Å². The lowest BCUT2D eigenvalue weighted by Gasteiger charge is -1.99. The lowest BCUT2D eigenvalue weighted by Crippen LogP contribution is -1.98. The number of nitrogens with zero attached hydrogens (tertiary/aromatic N) is 2. The molecule has 0 bridgehead atoms. The van der Waals surface area contributed by atoms with Crippen molar-refractivity contribution in [1.29, 1.82) is 0 Å². The predicted molar refractivity (Wildman–Crippen MR) is 44.6 cm³/mol. The molecule has 1 N–H and O–H groups in total. The van der Waals surface area contributed by atoms with E-state index in [9.17, 15) is 0 Å². The number of aliphatic hydroxyl groups is 1. The quantitative estimate of drug-likeness (QED) is 0.651. The van der Waals surface area contributed by atoms with Gasteiger partial charge in [-0.2, -0.15) is 0 Å². The smallest absolute Gasteiger partial charge is 0.0950 e.